The Labute approximate surface area is 85.7 Å². The first-order valence-corrected chi connectivity index (χ1v) is 4.86. The van der Waals surface area contributed by atoms with Gasteiger partial charge in [0.15, 0.2) is 0 Å². The number of carbonyl (C=O) groups is 1. The first-order chi connectivity index (χ1) is 6.16. The van der Waals surface area contributed by atoms with E-state index in [1.807, 2.05) is 19.1 Å². The molecule has 0 aromatic heterocycles. The van der Waals surface area contributed by atoms with Gasteiger partial charge < -0.3 is 9.90 Å². The Hall–Kier alpha value is -0.830. The average molecular weight is 243 g/mol. The quantitative estimate of drug-likeness (QED) is 0.828. The molecule has 2 nitrogen and oxygen atoms in total. The molecule has 0 unspecified atom stereocenters. The summed E-state index contributed by atoms with van der Waals surface area (Å²) in [6.07, 6.45) is 1.88. The molecule has 1 aromatic carbocycles. The van der Waals surface area contributed by atoms with Gasteiger partial charge in [-0.1, -0.05) is 22.0 Å². The third-order valence-corrected chi connectivity index (χ3v) is 2.68. The number of hydrogen-bond acceptors (Lipinski definition) is 2. The van der Waals surface area contributed by atoms with Crippen LogP contribution < -0.4 is 0 Å². The zero-order valence-corrected chi connectivity index (χ0v) is 8.97. The molecule has 0 heterocycles. The minimum Gasteiger partial charge on any atom is -0.507 e. The van der Waals surface area contributed by atoms with Gasteiger partial charge in [-0.05, 0) is 25.0 Å². The van der Waals surface area contributed by atoms with Crippen LogP contribution in [-0.2, 0) is 11.2 Å². The zero-order chi connectivity index (χ0) is 9.84. The van der Waals surface area contributed by atoms with Crippen molar-refractivity contribution in [2.75, 3.05) is 0 Å². The summed E-state index contributed by atoms with van der Waals surface area (Å²) >= 11 is 3.34. The predicted octanol–water partition coefficient (Wildman–Crippen LogP) is 2.59. The molecule has 1 rings (SSSR count). The summed E-state index contributed by atoms with van der Waals surface area (Å²) in [5.41, 5.74) is 1.65. The third kappa shape index (κ3) is 2.31. The highest BCUT2D eigenvalue weighted by molar-refractivity contribution is 9.10. The molecule has 0 aliphatic rings. The molecule has 0 aliphatic heterocycles. The smallest absolute Gasteiger partial charge is 0.122 e. The maximum absolute atomic E-state index is 10.2. The largest absolute Gasteiger partial charge is 0.507 e. The molecule has 0 saturated heterocycles. The van der Waals surface area contributed by atoms with Gasteiger partial charge in [-0.25, -0.2) is 0 Å². The van der Waals surface area contributed by atoms with Gasteiger partial charge >= 0.3 is 0 Å². The van der Waals surface area contributed by atoms with E-state index in [9.17, 15) is 9.90 Å². The van der Waals surface area contributed by atoms with Gasteiger partial charge in [-0.15, -0.1) is 0 Å². The molecule has 0 radical (unpaired) electrons. The van der Waals surface area contributed by atoms with E-state index in [4.69, 9.17) is 0 Å². The van der Waals surface area contributed by atoms with Crippen molar-refractivity contribution >= 4 is 22.2 Å². The van der Waals surface area contributed by atoms with Gasteiger partial charge in [-0.2, -0.15) is 0 Å². The molecular formula is C10H11BrO2. The maximum Gasteiger partial charge on any atom is 0.122 e. The van der Waals surface area contributed by atoms with Crippen molar-refractivity contribution < 1.29 is 9.90 Å². The van der Waals surface area contributed by atoms with Crippen molar-refractivity contribution in [3.05, 3.63) is 27.7 Å². The molecule has 0 aliphatic carbocycles. The number of aldehydes is 1. The van der Waals surface area contributed by atoms with Crippen LogP contribution in [0.3, 0.4) is 0 Å². The standard InChI is InChI=1S/C10H11BrO2/c1-7-4-5-9(11)8(10(7)13)3-2-6-12/h4-6,13H,2-3H2,1H3. The Morgan fingerprint density at radius 3 is 2.85 bits per heavy atom. The number of carbonyl (C=O) groups excluding carboxylic acids is 1. The maximum atomic E-state index is 10.2. The van der Waals surface area contributed by atoms with Gasteiger partial charge in [-0.3, -0.25) is 0 Å². The first kappa shape index (κ1) is 10.3. The Bertz CT molecular complexity index is 321. The van der Waals surface area contributed by atoms with E-state index in [1.54, 1.807) is 0 Å². The first-order valence-electron chi connectivity index (χ1n) is 4.07. The second kappa shape index (κ2) is 4.42. The minimum absolute atomic E-state index is 0.288. The molecular weight excluding hydrogens is 232 g/mol. The number of halogens is 1. The number of aromatic hydroxyl groups is 1. The van der Waals surface area contributed by atoms with Crippen LogP contribution in [0.4, 0.5) is 0 Å². The second-order valence-electron chi connectivity index (χ2n) is 2.90. The Morgan fingerprint density at radius 2 is 2.23 bits per heavy atom. The summed E-state index contributed by atoms with van der Waals surface area (Å²) in [5, 5.41) is 9.66. The fourth-order valence-electron chi connectivity index (χ4n) is 1.17. The van der Waals surface area contributed by atoms with Crippen LogP contribution >= 0.6 is 15.9 Å². The number of benzene rings is 1. The molecule has 13 heavy (non-hydrogen) atoms. The average Bonchev–Trinajstić information content (AvgIpc) is 2.12. The summed E-state index contributed by atoms with van der Waals surface area (Å²) in [6.45, 7) is 1.84. The van der Waals surface area contributed by atoms with Crippen LogP contribution in [0.1, 0.15) is 17.5 Å². The number of aryl methyl sites for hydroxylation is 1. The van der Waals surface area contributed by atoms with Crippen LogP contribution in [0, 0.1) is 6.92 Å². The van der Waals surface area contributed by atoms with E-state index in [0.717, 1.165) is 21.9 Å². The molecule has 0 fully saturated rings. The van der Waals surface area contributed by atoms with Crippen molar-refractivity contribution in [3.63, 3.8) is 0 Å². The number of phenolic OH excluding ortho intramolecular Hbond substituents is 1. The van der Waals surface area contributed by atoms with Crippen LogP contribution in [0.25, 0.3) is 0 Å². The van der Waals surface area contributed by atoms with Crippen LogP contribution in [-0.4, -0.2) is 11.4 Å². The highest BCUT2D eigenvalue weighted by Gasteiger charge is 2.07. The van der Waals surface area contributed by atoms with Gasteiger partial charge in [0.2, 0.25) is 0 Å². The lowest BCUT2D eigenvalue weighted by molar-refractivity contribution is -0.107. The fraction of sp³-hybridized carbons (Fsp3) is 0.300. The highest BCUT2D eigenvalue weighted by Crippen LogP contribution is 2.29. The summed E-state index contributed by atoms with van der Waals surface area (Å²) in [5.74, 6) is 0.288. The number of rotatable bonds is 3. The molecule has 0 amide bonds. The normalized spacial score (nSPS) is 10.0. The van der Waals surface area contributed by atoms with E-state index < -0.39 is 0 Å². The van der Waals surface area contributed by atoms with Crippen LogP contribution in [0.15, 0.2) is 16.6 Å². The van der Waals surface area contributed by atoms with E-state index in [2.05, 4.69) is 15.9 Å². The Morgan fingerprint density at radius 1 is 1.54 bits per heavy atom. The topological polar surface area (TPSA) is 37.3 Å². The van der Waals surface area contributed by atoms with Crippen LogP contribution in [0.2, 0.25) is 0 Å². The molecule has 3 heteroatoms. The SMILES string of the molecule is Cc1ccc(Br)c(CCC=O)c1O. The van der Waals surface area contributed by atoms with E-state index >= 15 is 0 Å². The lowest BCUT2D eigenvalue weighted by Crippen LogP contribution is -1.90. The van der Waals surface area contributed by atoms with E-state index in [-0.39, 0.29) is 5.75 Å². The van der Waals surface area contributed by atoms with Crippen molar-refractivity contribution in [2.24, 2.45) is 0 Å². The summed E-state index contributed by atoms with van der Waals surface area (Å²) in [7, 11) is 0. The summed E-state index contributed by atoms with van der Waals surface area (Å²) in [6, 6.07) is 3.72. The molecule has 1 aromatic rings. The van der Waals surface area contributed by atoms with Gasteiger partial charge in [0.1, 0.15) is 12.0 Å². The fourth-order valence-corrected chi connectivity index (χ4v) is 1.69. The van der Waals surface area contributed by atoms with Crippen molar-refractivity contribution in [3.8, 4) is 5.75 Å². The summed E-state index contributed by atoms with van der Waals surface area (Å²) in [4.78, 5) is 10.2. The molecule has 0 atom stereocenters. The zero-order valence-electron chi connectivity index (χ0n) is 7.38. The molecule has 1 N–H and O–H groups in total. The molecule has 70 valence electrons. The molecule has 0 saturated carbocycles. The summed E-state index contributed by atoms with van der Waals surface area (Å²) < 4.78 is 0.859. The van der Waals surface area contributed by atoms with Crippen LogP contribution in [0.5, 0.6) is 5.75 Å². The van der Waals surface area contributed by atoms with E-state index in [1.165, 1.54) is 0 Å². The van der Waals surface area contributed by atoms with Crippen molar-refractivity contribution in [1.29, 1.82) is 0 Å². The second-order valence-corrected chi connectivity index (χ2v) is 3.75. The monoisotopic (exact) mass is 242 g/mol. The number of phenols is 1. The Balaban J connectivity index is 3.02. The van der Waals surface area contributed by atoms with Gasteiger partial charge in [0, 0.05) is 16.5 Å². The van der Waals surface area contributed by atoms with Gasteiger partial charge in [0.25, 0.3) is 0 Å². The van der Waals surface area contributed by atoms with Crippen molar-refractivity contribution in [1.82, 2.24) is 0 Å². The predicted molar refractivity (Wildman–Crippen MR) is 54.9 cm³/mol. The van der Waals surface area contributed by atoms with E-state index in [0.29, 0.717) is 12.8 Å². The van der Waals surface area contributed by atoms with Crippen molar-refractivity contribution in [2.45, 2.75) is 19.8 Å². The Kier molecular flexibility index (Phi) is 3.48. The minimum atomic E-state index is 0.288. The lowest BCUT2D eigenvalue weighted by Gasteiger charge is -2.07. The third-order valence-electron chi connectivity index (χ3n) is 1.94. The molecule has 0 bridgehead atoms. The lowest BCUT2D eigenvalue weighted by atomic mass is 10.1. The van der Waals surface area contributed by atoms with Gasteiger partial charge in [0.05, 0.1) is 0 Å². The number of hydrogen-bond donors (Lipinski definition) is 1. The molecule has 0 spiro atoms. The highest BCUT2D eigenvalue weighted by atomic mass is 79.9.